The number of nitro benzene ring substituents is 1. The molecule has 0 atom stereocenters. The third kappa shape index (κ3) is 4.59. The molecule has 1 aliphatic rings. The van der Waals surface area contributed by atoms with E-state index >= 15 is 0 Å². The van der Waals surface area contributed by atoms with Crippen LogP contribution in [0.5, 0.6) is 0 Å². The summed E-state index contributed by atoms with van der Waals surface area (Å²) in [5.74, 6) is -0.517. The van der Waals surface area contributed by atoms with Gasteiger partial charge in [0.15, 0.2) is 9.84 Å². The van der Waals surface area contributed by atoms with Crippen molar-refractivity contribution in [1.29, 1.82) is 0 Å². The lowest BCUT2D eigenvalue weighted by Crippen LogP contribution is -2.23. The molecule has 1 amide bonds. The number of hydrogen-bond acceptors (Lipinski definition) is 6. The summed E-state index contributed by atoms with van der Waals surface area (Å²) in [5, 5.41) is 14.0. The Balaban J connectivity index is 2.20. The smallest absolute Gasteiger partial charge is 0.290 e. The van der Waals surface area contributed by atoms with E-state index in [2.05, 4.69) is 5.32 Å². The number of nitro groups is 1. The van der Waals surface area contributed by atoms with Crippen LogP contribution in [0, 0.1) is 15.5 Å². The molecule has 2 rings (SSSR count). The van der Waals surface area contributed by atoms with Gasteiger partial charge in [-0.1, -0.05) is 13.8 Å². The summed E-state index contributed by atoms with van der Waals surface area (Å²) < 4.78 is 30.0. The number of benzene rings is 1. The van der Waals surface area contributed by atoms with E-state index in [9.17, 15) is 23.3 Å². The van der Waals surface area contributed by atoms with E-state index in [4.69, 9.17) is 4.74 Å². The molecule has 26 heavy (non-hydrogen) atoms. The molecule has 0 spiro atoms. The number of nitrogens with zero attached hydrogens (tertiary/aromatic N) is 1. The lowest BCUT2D eigenvalue weighted by Gasteiger charge is -2.13. The normalized spacial score (nSPS) is 15.5. The predicted octanol–water partition coefficient (Wildman–Crippen LogP) is 2.92. The average Bonchev–Trinajstić information content (AvgIpc) is 3.40. The number of hydrogen-bond donors (Lipinski definition) is 1. The summed E-state index contributed by atoms with van der Waals surface area (Å²) >= 11 is 0. The van der Waals surface area contributed by atoms with Gasteiger partial charge in [-0.15, -0.1) is 0 Å². The molecule has 0 heterocycles. The molecule has 144 valence electrons. The van der Waals surface area contributed by atoms with Gasteiger partial charge >= 0.3 is 0 Å². The maximum Gasteiger partial charge on any atom is 0.290 e. The molecule has 8 nitrogen and oxygen atoms in total. The van der Waals surface area contributed by atoms with Crippen LogP contribution in [0.3, 0.4) is 0 Å². The van der Waals surface area contributed by atoms with Crippen molar-refractivity contribution in [3.05, 3.63) is 28.3 Å². The van der Waals surface area contributed by atoms with Crippen LogP contribution in [0.4, 0.5) is 11.4 Å². The lowest BCUT2D eigenvalue weighted by molar-refractivity contribution is -0.387. The summed E-state index contributed by atoms with van der Waals surface area (Å²) in [6.45, 7) is 4.23. The average molecular weight is 384 g/mol. The first-order valence-electron chi connectivity index (χ1n) is 8.66. The standard InChI is InChI=1S/C17H24N2O6S/c1-3-9-25-10-11-26(23,24)15-6-5-13(12-14(15)19(21)22)18-16(20)17(4-2)7-8-17/h5-6,12H,3-4,7-11H2,1-2H3,(H,18,20). The van der Waals surface area contributed by atoms with Gasteiger partial charge in [-0.2, -0.15) is 0 Å². The Hall–Kier alpha value is -2.00. The van der Waals surface area contributed by atoms with Crippen LogP contribution in [0.1, 0.15) is 39.5 Å². The molecule has 0 radical (unpaired) electrons. The number of sulfone groups is 1. The number of carbonyl (C=O) groups is 1. The minimum absolute atomic E-state index is 0.0230. The highest BCUT2D eigenvalue weighted by Gasteiger charge is 2.48. The van der Waals surface area contributed by atoms with Crippen molar-refractivity contribution in [2.24, 2.45) is 5.41 Å². The summed E-state index contributed by atoms with van der Waals surface area (Å²) in [6, 6.07) is 3.66. The topological polar surface area (TPSA) is 116 Å². The first kappa shape index (κ1) is 20.3. The van der Waals surface area contributed by atoms with Crippen LogP contribution in [-0.2, 0) is 19.4 Å². The predicted molar refractivity (Wildman–Crippen MR) is 96.8 cm³/mol. The van der Waals surface area contributed by atoms with Gasteiger partial charge in [0.2, 0.25) is 5.91 Å². The Kier molecular flexibility index (Phi) is 6.35. The fourth-order valence-corrected chi connectivity index (χ4v) is 3.97. The maximum atomic E-state index is 12.4. The number of ether oxygens (including phenoxy) is 1. The molecule has 1 saturated carbocycles. The fourth-order valence-electron chi connectivity index (χ4n) is 2.68. The molecule has 1 aromatic rings. The third-order valence-corrected chi connectivity index (χ3v) is 6.32. The lowest BCUT2D eigenvalue weighted by atomic mass is 10.0. The van der Waals surface area contributed by atoms with E-state index in [-0.39, 0.29) is 28.8 Å². The molecule has 1 aliphatic carbocycles. The van der Waals surface area contributed by atoms with Crippen molar-refractivity contribution < 1.29 is 22.9 Å². The second kappa shape index (κ2) is 8.13. The fraction of sp³-hybridized carbons (Fsp3) is 0.588. The van der Waals surface area contributed by atoms with E-state index in [1.807, 2.05) is 13.8 Å². The molecule has 0 saturated heterocycles. The largest absolute Gasteiger partial charge is 0.380 e. The first-order chi connectivity index (χ1) is 12.3. The van der Waals surface area contributed by atoms with E-state index in [0.717, 1.165) is 25.3 Å². The summed E-state index contributed by atoms with van der Waals surface area (Å²) in [6.07, 6.45) is 3.04. The van der Waals surface area contributed by atoms with Gasteiger partial charge in [-0.25, -0.2) is 8.42 Å². The van der Waals surface area contributed by atoms with Gasteiger partial charge in [-0.3, -0.25) is 14.9 Å². The van der Waals surface area contributed by atoms with Crippen molar-refractivity contribution in [3.63, 3.8) is 0 Å². The van der Waals surface area contributed by atoms with Gasteiger partial charge in [0, 0.05) is 23.8 Å². The molecule has 1 aromatic carbocycles. The van der Waals surface area contributed by atoms with Crippen molar-refractivity contribution in [2.75, 3.05) is 24.3 Å². The highest BCUT2D eigenvalue weighted by atomic mass is 32.2. The zero-order valence-electron chi connectivity index (χ0n) is 15.0. The molecule has 1 fully saturated rings. The molecular weight excluding hydrogens is 360 g/mol. The minimum Gasteiger partial charge on any atom is -0.380 e. The van der Waals surface area contributed by atoms with Crippen LogP contribution in [0.25, 0.3) is 0 Å². The van der Waals surface area contributed by atoms with Gasteiger partial charge in [0.05, 0.1) is 17.3 Å². The molecule has 9 heteroatoms. The zero-order valence-corrected chi connectivity index (χ0v) is 15.8. The van der Waals surface area contributed by atoms with Crippen LogP contribution < -0.4 is 5.32 Å². The van der Waals surface area contributed by atoms with E-state index < -0.39 is 25.9 Å². The van der Waals surface area contributed by atoms with Crippen LogP contribution in [-0.4, -0.2) is 38.2 Å². The Morgan fingerprint density at radius 2 is 2.00 bits per heavy atom. The quantitative estimate of drug-likeness (QED) is 0.377. The molecule has 0 bridgehead atoms. The number of rotatable bonds is 10. The Morgan fingerprint density at radius 3 is 2.54 bits per heavy atom. The zero-order chi connectivity index (χ0) is 19.4. The van der Waals surface area contributed by atoms with Crippen LogP contribution in [0.2, 0.25) is 0 Å². The van der Waals surface area contributed by atoms with Gasteiger partial charge < -0.3 is 10.1 Å². The highest BCUT2D eigenvalue weighted by molar-refractivity contribution is 7.91. The SMILES string of the molecule is CCCOCCS(=O)(=O)c1ccc(NC(=O)C2(CC)CC2)cc1[N+](=O)[O-]. The second-order valence-corrected chi connectivity index (χ2v) is 8.54. The van der Waals surface area contributed by atoms with Crippen molar-refractivity contribution in [3.8, 4) is 0 Å². The minimum atomic E-state index is -3.86. The van der Waals surface area contributed by atoms with Crippen molar-refractivity contribution in [2.45, 2.75) is 44.4 Å². The maximum absolute atomic E-state index is 12.4. The molecule has 1 N–H and O–H groups in total. The van der Waals surface area contributed by atoms with Crippen molar-refractivity contribution >= 4 is 27.1 Å². The van der Waals surface area contributed by atoms with Gasteiger partial charge in [-0.05, 0) is 37.8 Å². The summed E-state index contributed by atoms with van der Waals surface area (Å²) in [4.78, 5) is 22.5. The number of nitrogens with one attached hydrogen (secondary N) is 1. The van der Waals surface area contributed by atoms with E-state index in [0.29, 0.717) is 13.0 Å². The summed E-state index contributed by atoms with van der Waals surface area (Å²) in [5.41, 5.74) is -0.710. The first-order valence-corrected chi connectivity index (χ1v) is 10.3. The van der Waals surface area contributed by atoms with E-state index in [1.165, 1.54) is 12.1 Å². The van der Waals surface area contributed by atoms with Crippen LogP contribution >= 0.6 is 0 Å². The van der Waals surface area contributed by atoms with Gasteiger partial charge in [0.25, 0.3) is 5.69 Å². The third-order valence-electron chi connectivity index (χ3n) is 4.61. The Labute approximate surface area is 153 Å². The molecular formula is C17H24N2O6S. The number of carbonyl (C=O) groups excluding carboxylic acids is 1. The number of amides is 1. The second-order valence-electron chi connectivity index (χ2n) is 6.46. The Bertz CT molecular complexity index is 786. The monoisotopic (exact) mass is 384 g/mol. The van der Waals surface area contributed by atoms with Gasteiger partial charge in [0.1, 0.15) is 4.90 Å². The Morgan fingerprint density at radius 1 is 1.31 bits per heavy atom. The number of anilines is 1. The highest BCUT2D eigenvalue weighted by Crippen LogP contribution is 2.49. The molecule has 0 unspecified atom stereocenters. The molecule has 0 aliphatic heterocycles. The van der Waals surface area contributed by atoms with Crippen molar-refractivity contribution in [1.82, 2.24) is 0 Å². The summed E-state index contributed by atoms with van der Waals surface area (Å²) in [7, 11) is -3.86. The van der Waals surface area contributed by atoms with Crippen LogP contribution in [0.15, 0.2) is 23.1 Å². The van der Waals surface area contributed by atoms with E-state index in [1.54, 1.807) is 0 Å². The molecule has 0 aromatic heterocycles.